The summed E-state index contributed by atoms with van der Waals surface area (Å²) in [5, 5.41) is 6.99. The Morgan fingerprint density at radius 2 is 1.92 bits per heavy atom. The molecule has 2 N–H and O–H groups in total. The monoisotopic (exact) mass is 480 g/mol. The maximum absolute atomic E-state index is 5.82. The molecule has 154 valence electrons. The SMILES string of the molecule is C=C(C)CN1CCC(NC(=NCCC(OCC)C(C)C)NCC)CC1.I. The average Bonchev–Trinajstić information content (AvgIpc) is 2.55. The summed E-state index contributed by atoms with van der Waals surface area (Å²) in [6.45, 7) is 20.5. The van der Waals surface area contributed by atoms with Crippen LogP contribution in [0.1, 0.15) is 53.9 Å². The smallest absolute Gasteiger partial charge is 0.191 e. The van der Waals surface area contributed by atoms with Gasteiger partial charge in [-0.05, 0) is 46.0 Å². The Morgan fingerprint density at radius 1 is 1.27 bits per heavy atom. The van der Waals surface area contributed by atoms with Crippen LogP contribution in [0, 0.1) is 5.92 Å². The Morgan fingerprint density at radius 3 is 2.42 bits per heavy atom. The third-order valence-electron chi connectivity index (χ3n) is 4.57. The van der Waals surface area contributed by atoms with Crippen molar-refractivity contribution in [2.75, 3.05) is 39.3 Å². The Kier molecular flexibility index (Phi) is 14.5. The molecule has 0 bridgehead atoms. The number of likely N-dealkylation sites (tertiary alicyclic amines) is 1. The van der Waals surface area contributed by atoms with Gasteiger partial charge in [-0.2, -0.15) is 0 Å². The zero-order valence-corrected chi connectivity index (χ0v) is 19.8. The molecule has 1 rings (SSSR count). The van der Waals surface area contributed by atoms with Crippen LogP contribution in [-0.2, 0) is 4.74 Å². The van der Waals surface area contributed by atoms with Gasteiger partial charge in [-0.25, -0.2) is 0 Å². The molecule has 1 aliphatic rings. The van der Waals surface area contributed by atoms with Gasteiger partial charge in [0.2, 0.25) is 0 Å². The van der Waals surface area contributed by atoms with Crippen molar-refractivity contribution in [3.05, 3.63) is 12.2 Å². The second-order valence-corrected chi connectivity index (χ2v) is 7.44. The average molecular weight is 480 g/mol. The third kappa shape index (κ3) is 10.7. The van der Waals surface area contributed by atoms with E-state index in [2.05, 4.69) is 56.7 Å². The molecule has 0 radical (unpaired) electrons. The number of halogens is 1. The van der Waals surface area contributed by atoms with Gasteiger partial charge >= 0.3 is 0 Å². The van der Waals surface area contributed by atoms with Crippen molar-refractivity contribution in [3.8, 4) is 0 Å². The van der Waals surface area contributed by atoms with Crippen LogP contribution in [0.5, 0.6) is 0 Å². The molecule has 1 atom stereocenters. The van der Waals surface area contributed by atoms with Crippen molar-refractivity contribution in [3.63, 3.8) is 0 Å². The predicted molar refractivity (Wildman–Crippen MR) is 124 cm³/mol. The quantitative estimate of drug-likeness (QED) is 0.217. The van der Waals surface area contributed by atoms with Gasteiger partial charge in [0.25, 0.3) is 0 Å². The summed E-state index contributed by atoms with van der Waals surface area (Å²) in [6, 6.07) is 0.506. The van der Waals surface area contributed by atoms with Gasteiger partial charge < -0.3 is 15.4 Å². The van der Waals surface area contributed by atoms with E-state index in [1.54, 1.807) is 0 Å². The maximum atomic E-state index is 5.82. The summed E-state index contributed by atoms with van der Waals surface area (Å²) < 4.78 is 5.82. The molecule has 1 heterocycles. The fourth-order valence-corrected chi connectivity index (χ4v) is 3.26. The van der Waals surface area contributed by atoms with Gasteiger partial charge in [0.1, 0.15) is 0 Å². The number of piperidine rings is 1. The highest BCUT2D eigenvalue weighted by molar-refractivity contribution is 14.0. The van der Waals surface area contributed by atoms with Gasteiger partial charge in [-0.1, -0.05) is 26.0 Å². The number of hydrogen-bond donors (Lipinski definition) is 2. The lowest BCUT2D eigenvalue weighted by atomic mass is 10.0. The first-order chi connectivity index (χ1) is 12.0. The van der Waals surface area contributed by atoms with Crippen molar-refractivity contribution < 1.29 is 4.74 Å². The first kappa shape index (κ1) is 25.7. The molecule has 0 amide bonds. The largest absolute Gasteiger partial charge is 0.378 e. The molecule has 1 fully saturated rings. The van der Waals surface area contributed by atoms with E-state index in [0.717, 1.165) is 64.6 Å². The van der Waals surface area contributed by atoms with Gasteiger partial charge in [-0.15, -0.1) is 24.0 Å². The fraction of sp³-hybridized carbons (Fsp3) is 0.850. The highest BCUT2D eigenvalue weighted by atomic mass is 127. The van der Waals surface area contributed by atoms with Crippen molar-refractivity contribution in [2.45, 2.75) is 66.0 Å². The van der Waals surface area contributed by atoms with Crippen molar-refractivity contribution in [2.24, 2.45) is 10.9 Å². The van der Waals surface area contributed by atoms with Crippen LogP contribution in [0.2, 0.25) is 0 Å². The molecule has 0 aromatic rings. The number of nitrogens with one attached hydrogen (secondary N) is 2. The topological polar surface area (TPSA) is 48.9 Å². The molecule has 5 nitrogen and oxygen atoms in total. The van der Waals surface area contributed by atoms with Gasteiger partial charge in [0, 0.05) is 45.4 Å². The van der Waals surface area contributed by atoms with E-state index < -0.39 is 0 Å². The number of ether oxygens (including phenoxy) is 1. The summed E-state index contributed by atoms with van der Waals surface area (Å²) in [4.78, 5) is 7.25. The van der Waals surface area contributed by atoms with Crippen LogP contribution in [0.25, 0.3) is 0 Å². The Balaban J connectivity index is 0.00000625. The molecule has 0 aromatic carbocycles. The molecule has 0 aromatic heterocycles. The molecule has 0 spiro atoms. The molecule has 0 aliphatic carbocycles. The lowest BCUT2D eigenvalue weighted by Crippen LogP contribution is -2.49. The molecule has 1 unspecified atom stereocenters. The van der Waals surface area contributed by atoms with E-state index in [1.807, 2.05) is 0 Å². The minimum atomic E-state index is 0. The standard InChI is InChI=1S/C20H40N4O.HI/c1-7-21-20(22-12-9-19(17(5)6)25-8-2)23-18-10-13-24(14-11-18)15-16(3)4;/h17-19H,3,7-15H2,1-2,4-6H3,(H2,21,22,23);1H. The van der Waals surface area contributed by atoms with E-state index in [9.17, 15) is 0 Å². The van der Waals surface area contributed by atoms with E-state index >= 15 is 0 Å². The van der Waals surface area contributed by atoms with Crippen molar-refractivity contribution >= 4 is 29.9 Å². The summed E-state index contributed by atoms with van der Waals surface area (Å²) in [7, 11) is 0. The third-order valence-corrected chi connectivity index (χ3v) is 4.57. The predicted octanol–water partition coefficient (Wildman–Crippen LogP) is 3.65. The van der Waals surface area contributed by atoms with Crippen LogP contribution in [-0.4, -0.2) is 62.3 Å². The summed E-state index contributed by atoms with van der Waals surface area (Å²) in [5.41, 5.74) is 1.25. The van der Waals surface area contributed by atoms with E-state index in [-0.39, 0.29) is 24.0 Å². The van der Waals surface area contributed by atoms with Gasteiger partial charge in [0.05, 0.1) is 6.10 Å². The summed E-state index contributed by atoms with van der Waals surface area (Å²) in [6.07, 6.45) is 3.58. The van der Waals surface area contributed by atoms with Crippen LogP contribution in [0.4, 0.5) is 0 Å². The van der Waals surface area contributed by atoms with Crippen LogP contribution < -0.4 is 10.6 Å². The van der Waals surface area contributed by atoms with Crippen molar-refractivity contribution in [1.82, 2.24) is 15.5 Å². The molecule has 1 aliphatic heterocycles. The number of aliphatic imine (C=N–C) groups is 1. The van der Waals surface area contributed by atoms with Crippen LogP contribution >= 0.6 is 24.0 Å². The lowest BCUT2D eigenvalue weighted by Gasteiger charge is -2.33. The molecule has 6 heteroatoms. The molecular formula is C20H41IN4O. The Labute approximate surface area is 178 Å². The zero-order valence-electron chi connectivity index (χ0n) is 17.5. The molecule has 26 heavy (non-hydrogen) atoms. The van der Waals surface area contributed by atoms with Crippen molar-refractivity contribution in [1.29, 1.82) is 0 Å². The Bertz CT molecular complexity index is 407. The number of rotatable bonds is 10. The first-order valence-electron chi connectivity index (χ1n) is 9.99. The molecule has 0 saturated carbocycles. The van der Waals surface area contributed by atoms with Gasteiger partial charge in [0.15, 0.2) is 5.96 Å². The molecule has 1 saturated heterocycles. The zero-order chi connectivity index (χ0) is 18.7. The fourth-order valence-electron chi connectivity index (χ4n) is 3.26. The van der Waals surface area contributed by atoms with E-state index in [1.165, 1.54) is 5.57 Å². The highest BCUT2D eigenvalue weighted by Crippen LogP contribution is 2.12. The summed E-state index contributed by atoms with van der Waals surface area (Å²) >= 11 is 0. The lowest BCUT2D eigenvalue weighted by molar-refractivity contribution is 0.0266. The normalized spacial score (nSPS) is 17.7. The Hall–Kier alpha value is -0.340. The maximum Gasteiger partial charge on any atom is 0.191 e. The number of hydrogen-bond acceptors (Lipinski definition) is 3. The van der Waals surface area contributed by atoms with Gasteiger partial charge in [-0.3, -0.25) is 9.89 Å². The summed E-state index contributed by atoms with van der Waals surface area (Å²) in [5.74, 6) is 1.48. The minimum absolute atomic E-state index is 0. The first-order valence-corrected chi connectivity index (χ1v) is 9.99. The number of nitrogens with zero attached hydrogens (tertiary/aromatic N) is 2. The minimum Gasteiger partial charge on any atom is -0.378 e. The van der Waals surface area contributed by atoms with E-state index in [4.69, 9.17) is 9.73 Å². The second kappa shape index (κ2) is 14.7. The second-order valence-electron chi connectivity index (χ2n) is 7.44. The number of guanidine groups is 1. The van der Waals surface area contributed by atoms with E-state index in [0.29, 0.717) is 18.1 Å². The van der Waals surface area contributed by atoms with Crippen LogP contribution in [0.15, 0.2) is 17.1 Å². The highest BCUT2D eigenvalue weighted by Gasteiger charge is 2.20. The molecular weight excluding hydrogens is 439 g/mol. The van der Waals surface area contributed by atoms with Crippen LogP contribution in [0.3, 0.4) is 0 Å².